The molecule has 0 atom stereocenters. The van der Waals surface area contributed by atoms with Crippen molar-refractivity contribution >= 4 is 29.4 Å². The number of nitrogens with zero attached hydrogens (tertiary/aromatic N) is 1. The molecule has 3 aromatic rings. The summed E-state index contributed by atoms with van der Waals surface area (Å²) in [6.45, 7) is 1.30. The fourth-order valence-corrected chi connectivity index (χ4v) is 3.31. The maximum absolute atomic E-state index is 13.3. The normalized spacial score (nSPS) is 11.0. The number of ether oxygens (including phenoxy) is 1. The van der Waals surface area contributed by atoms with Crippen molar-refractivity contribution in [1.29, 1.82) is 0 Å². The highest BCUT2D eigenvalue weighted by molar-refractivity contribution is 6.24. The fourth-order valence-electron chi connectivity index (χ4n) is 3.31. The number of benzene rings is 3. The molecule has 0 bridgehead atoms. The van der Waals surface area contributed by atoms with Gasteiger partial charge in [0.15, 0.2) is 0 Å². The van der Waals surface area contributed by atoms with Crippen molar-refractivity contribution in [2.75, 3.05) is 14.1 Å². The lowest BCUT2D eigenvalue weighted by molar-refractivity contribution is -0.129. The molecule has 0 saturated heterocycles. The molecule has 0 heterocycles. The molecular weight excluding hydrogens is 447 g/mol. The van der Waals surface area contributed by atoms with Gasteiger partial charge in [-0.2, -0.15) is 0 Å². The van der Waals surface area contributed by atoms with Gasteiger partial charge < -0.3 is 9.64 Å². The molecular formula is C28H27FN2O4. The minimum atomic E-state index is -0.367. The zero-order valence-corrected chi connectivity index (χ0v) is 19.9. The number of rotatable bonds is 8. The van der Waals surface area contributed by atoms with E-state index in [9.17, 15) is 18.8 Å². The molecule has 0 aliphatic carbocycles. The van der Waals surface area contributed by atoms with Gasteiger partial charge in [-0.1, -0.05) is 36.4 Å². The van der Waals surface area contributed by atoms with Gasteiger partial charge in [-0.25, -0.2) is 4.39 Å². The minimum absolute atomic E-state index is 0.171. The molecule has 0 unspecified atom stereocenters. The van der Waals surface area contributed by atoms with Crippen LogP contribution in [0.5, 0.6) is 11.5 Å². The van der Waals surface area contributed by atoms with Gasteiger partial charge in [-0.15, -0.1) is 0 Å². The summed E-state index contributed by atoms with van der Waals surface area (Å²) in [6, 6.07) is 20.4. The summed E-state index contributed by atoms with van der Waals surface area (Å²) in [5.41, 5.74) is 2.85. The van der Waals surface area contributed by atoms with Gasteiger partial charge in [-0.05, 0) is 65.6 Å². The summed E-state index contributed by atoms with van der Waals surface area (Å²) < 4.78 is 19.2. The third-order valence-corrected chi connectivity index (χ3v) is 5.10. The average molecular weight is 475 g/mol. The monoisotopic (exact) mass is 474 g/mol. The number of nitrogens with one attached hydrogen (secondary N) is 1. The van der Waals surface area contributed by atoms with Crippen LogP contribution >= 0.6 is 0 Å². The molecule has 180 valence electrons. The van der Waals surface area contributed by atoms with E-state index in [1.165, 1.54) is 24.0 Å². The number of hydrogen-bond acceptors (Lipinski definition) is 4. The first-order valence-corrected chi connectivity index (χ1v) is 11.1. The molecule has 35 heavy (non-hydrogen) atoms. The largest absolute Gasteiger partial charge is 0.457 e. The Kier molecular flexibility index (Phi) is 8.51. The van der Waals surface area contributed by atoms with E-state index in [2.05, 4.69) is 5.32 Å². The lowest BCUT2D eigenvalue weighted by Gasteiger charge is -2.15. The molecule has 0 aliphatic heterocycles. The number of likely N-dealkylation sites (N-methyl/N-ethyl adjacent to an activating group) is 1. The van der Waals surface area contributed by atoms with Crippen molar-refractivity contribution in [3.63, 3.8) is 0 Å². The first-order chi connectivity index (χ1) is 16.7. The SMILES string of the molecule is CC(=O)NC(=O)CCc1ccc(Oc2ccc(C(=Cc3ccc(F)cc3)C(=O)N(C)C)cc2)cc1. The van der Waals surface area contributed by atoms with Crippen LogP contribution in [0.15, 0.2) is 72.8 Å². The van der Waals surface area contributed by atoms with Crippen molar-refractivity contribution in [2.45, 2.75) is 19.8 Å². The van der Waals surface area contributed by atoms with E-state index >= 15 is 0 Å². The second kappa shape index (κ2) is 11.7. The zero-order chi connectivity index (χ0) is 25.4. The summed E-state index contributed by atoms with van der Waals surface area (Å²) in [5.74, 6) is 0.0422. The van der Waals surface area contributed by atoms with Crippen molar-refractivity contribution in [3.8, 4) is 11.5 Å². The highest BCUT2D eigenvalue weighted by Crippen LogP contribution is 2.26. The summed E-state index contributed by atoms with van der Waals surface area (Å²) in [7, 11) is 3.36. The van der Waals surface area contributed by atoms with Crippen molar-refractivity contribution in [3.05, 3.63) is 95.3 Å². The van der Waals surface area contributed by atoms with Crippen molar-refractivity contribution in [2.24, 2.45) is 0 Å². The number of amides is 3. The Labute approximate surface area is 204 Å². The maximum Gasteiger partial charge on any atom is 0.253 e. The van der Waals surface area contributed by atoms with Crippen LogP contribution in [0.25, 0.3) is 11.6 Å². The van der Waals surface area contributed by atoms with Crippen LogP contribution < -0.4 is 10.1 Å². The molecule has 1 N–H and O–H groups in total. The predicted octanol–water partition coefficient (Wildman–Crippen LogP) is 4.84. The van der Waals surface area contributed by atoms with Crippen LogP contribution in [0, 0.1) is 5.82 Å². The molecule has 0 spiro atoms. The minimum Gasteiger partial charge on any atom is -0.457 e. The van der Waals surface area contributed by atoms with Gasteiger partial charge >= 0.3 is 0 Å². The Bertz CT molecular complexity index is 1220. The first kappa shape index (κ1) is 25.4. The lowest BCUT2D eigenvalue weighted by atomic mass is 10.0. The molecule has 7 heteroatoms. The molecule has 0 aromatic heterocycles. The van der Waals surface area contributed by atoms with Crippen molar-refractivity contribution < 1.29 is 23.5 Å². The quantitative estimate of drug-likeness (QED) is 0.374. The van der Waals surface area contributed by atoms with Crippen LogP contribution in [-0.2, 0) is 20.8 Å². The Morgan fingerprint density at radius 3 is 2.00 bits per heavy atom. The topological polar surface area (TPSA) is 75.7 Å². The zero-order valence-electron chi connectivity index (χ0n) is 19.9. The number of aryl methyl sites for hydroxylation is 1. The average Bonchev–Trinajstić information content (AvgIpc) is 2.83. The van der Waals surface area contributed by atoms with Crippen LogP contribution in [0.4, 0.5) is 4.39 Å². The second-order valence-corrected chi connectivity index (χ2v) is 8.18. The van der Waals surface area contributed by atoms with Gasteiger partial charge in [-0.3, -0.25) is 19.7 Å². The van der Waals surface area contributed by atoms with Crippen LogP contribution in [0.1, 0.15) is 30.0 Å². The molecule has 6 nitrogen and oxygen atoms in total. The number of halogens is 1. The first-order valence-electron chi connectivity index (χ1n) is 11.1. The molecule has 0 aliphatic rings. The Balaban J connectivity index is 1.70. The third kappa shape index (κ3) is 7.64. The Morgan fingerprint density at radius 2 is 1.46 bits per heavy atom. The fraction of sp³-hybridized carbons (Fsp3) is 0.179. The van der Waals surface area contributed by atoms with E-state index < -0.39 is 0 Å². The van der Waals surface area contributed by atoms with Gasteiger partial charge in [0.2, 0.25) is 11.8 Å². The smallest absolute Gasteiger partial charge is 0.253 e. The van der Waals surface area contributed by atoms with E-state index in [1.54, 1.807) is 56.6 Å². The van der Waals surface area contributed by atoms with Gasteiger partial charge in [0.05, 0.1) is 0 Å². The molecule has 0 saturated carbocycles. The molecule has 0 radical (unpaired) electrons. The summed E-state index contributed by atoms with van der Waals surface area (Å²) in [6.07, 6.45) is 2.46. The second-order valence-electron chi connectivity index (χ2n) is 8.18. The number of hydrogen-bond donors (Lipinski definition) is 1. The molecule has 0 fully saturated rings. The predicted molar refractivity (Wildman–Crippen MR) is 133 cm³/mol. The van der Waals surface area contributed by atoms with E-state index in [0.717, 1.165) is 11.1 Å². The highest BCUT2D eigenvalue weighted by Gasteiger charge is 2.15. The standard InChI is InChI=1S/C28H27FN2O4/c1-19(32)30-27(33)17-8-20-6-13-24(14-7-20)35-25-15-9-22(10-16-25)26(28(34)31(2)3)18-21-4-11-23(29)12-5-21/h4-7,9-16,18H,8,17H2,1-3H3,(H,30,32,33). The Morgan fingerprint density at radius 1 is 0.886 bits per heavy atom. The third-order valence-electron chi connectivity index (χ3n) is 5.10. The van der Waals surface area contributed by atoms with E-state index in [-0.39, 0.29) is 30.0 Å². The number of carbonyl (C=O) groups excluding carboxylic acids is 3. The van der Waals surface area contributed by atoms with Gasteiger partial charge in [0, 0.05) is 33.0 Å². The van der Waals surface area contributed by atoms with Crippen molar-refractivity contribution in [1.82, 2.24) is 10.2 Å². The highest BCUT2D eigenvalue weighted by atomic mass is 19.1. The van der Waals surface area contributed by atoms with Gasteiger partial charge in [0.1, 0.15) is 17.3 Å². The summed E-state index contributed by atoms with van der Waals surface area (Å²) >= 11 is 0. The van der Waals surface area contributed by atoms with Gasteiger partial charge in [0.25, 0.3) is 5.91 Å². The lowest BCUT2D eigenvalue weighted by Crippen LogP contribution is -2.27. The summed E-state index contributed by atoms with van der Waals surface area (Å²) in [5, 5.41) is 2.25. The number of carbonyl (C=O) groups is 3. The molecule has 3 amide bonds. The van der Waals surface area contributed by atoms with E-state index in [1.807, 2.05) is 24.3 Å². The Hall–Kier alpha value is -4.26. The molecule has 3 aromatic carbocycles. The van der Waals surface area contributed by atoms with E-state index in [0.29, 0.717) is 29.1 Å². The maximum atomic E-state index is 13.3. The molecule has 3 rings (SSSR count). The van der Waals surface area contributed by atoms with Crippen LogP contribution in [-0.4, -0.2) is 36.7 Å². The summed E-state index contributed by atoms with van der Waals surface area (Å²) in [4.78, 5) is 36.8. The van der Waals surface area contributed by atoms with E-state index in [4.69, 9.17) is 4.74 Å². The number of imide groups is 1. The van der Waals surface area contributed by atoms with Crippen LogP contribution in [0.3, 0.4) is 0 Å². The van der Waals surface area contributed by atoms with Crippen LogP contribution in [0.2, 0.25) is 0 Å².